The Labute approximate surface area is 140 Å². The first-order valence-corrected chi connectivity index (χ1v) is 7.54. The third-order valence-corrected chi connectivity index (χ3v) is 3.41. The van der Waals surface area contributed by atoms with Gasteiger partial charge in [-0.1, -0.05) is 23.8 Å². The van der Waals surface area contributed by atoms with E-state index in [1.807, 2.05) is 19.1 Å². The molecule has 5 nitrogen and oxygen atoms in total. The van der Waals surface area contributed by atoms with Crippen molar-refractivity contribution in [3.8, 4) is 0 Å². The van der Waals surface area contributed by atoms with Crippen LogP contribution in [0, 0.1) is 12.7 Å². The molecule has 2 amide bonds. The van der Waals surface area contributed by atoms with Gasteiger partial charge in [0.15, 0.2) is 0 Å². The molecule has 0 unspecified atom stereocenters. The second kappa shape index (κ2) is 8.10. The number of anilines is 2. The van der Waals surface area contributed by atoms with Crippen LogP contribution in [-0.4, -0.2) is 36.9 Å². The Morgan fingerprint density at radius 2 is 1.79 bits per heavy atom. The molecule has 0 aliphatic rings. The monoisotopic (exact) mass is 329 g/mol. The van der Waals surface area contributed by atoms with Crippen LogP contribution >= 0.6 is 0 Å². The van der Waals surface area contributed by atoms with Crippen molar-refractivity contribution in [1.82, 2.24) is 4.90 Å². The van der Waals surface area contributed by atoms with E-state index in [0.29, 0.717) is 11.4 Å². The molecule has 0 heterocycles. The molecule has 126 valence electrons. The maximum absolute atomic E-state index is 13.1. The summed E-state index contributed by atoms with van der Waals surface area (Å²) in [6, 6.07) is 13.3. The Morgan fingerprint density at radius 1 is 1.08 bits per heavy atom. The number of carbonyl (C=O) groups excluding carboxylic acids is 2. The third-order valence-electron chi connectivity index (χ3n) is 3.41. The maximum atomic E-state index is 13.1. The molecular weight excluding hydrogens is 309 g/mol. The topological polar surface area (TPSA) is 61.4 Å². The van der Waals surface area contributed by atoms with Crippen molar-refractivity contribution < 1.29 is 14.0 Å². The number of aryl methyl sites for hydroxylation is 1. The number of halogens is 1. The molecule has 0 radical (unpaired) electrons. The fraction of sp³-hybridized carbons (Fsp3) is 0.222. The van der Waals surface area contributed by atoms with Crippen LogP contribution in [0.15, 0.2) is 48.5 Å². The zero-order valence-corrected chi connectivity index (χ0v) is 13.7. The first kappa shape index (κ1) is 17.5. The lowest BCUT2D eigenvalue weighted by Crippen LogP contribution is -2.38. The van der Waals surface area contributed by atoms with Gasteiger partial charge in [-0.15, -0.1) is 0 Å². The molecule has 0 atom stereocenters. The number of carbonyl (C=O) groups is 2. The van der Waals surface area contributed by atoms with E-state index in [0.717, 1.165) is 5.56 Å². The van der Waals surface area contributed by atoms with Gasteiger partial charge in [-0.2, -0.15) is 0 Å². The predicted octanol–water partition coefficient (Wildman–Crippen LogP) is 2.64. The van der Waals surface area contributed by atoms with E-state index in [4.69, 9.17) is 0 Å². The summed E-state index contributed by atoms with van der Waals surface area (Å²) in [5.41, 5.74) is 2.30. The van der Waals surface area contributed by atoms with E-state index < -0.39 is 0 Å². The second-order valence-corrected chi connectivity index (χ2v) is 5.53. The van der Waals surface area contributed by atoms with Crippen molar-refractivity contribution in [2.45, 2.75) is 6.92 Å². The third kappa shape index (κ3) is 5.39. The van der Waals surface area contributed by atoms with Gasteiger partial charge in [0.1, 0.15) is 5.82 Å². The number of nitrogens with one attached hydrogen (secondary N) is 2. The first-order valence-electron chi connectivity index (χ1n) is 7.54. The zero-order valence-electron chi connectivity index (χ0n) is 13.7. The summed E-state index contributed by atoms with van der Waals surface area (Å²) in [5, 5.41) is 5.57. The summed E-state index contributed by atoms with van der Waals surface area (Å²) in [6.45, 7) is 1.89. The average molecular weight is 329 g/mol. The molecule has 24 heavy (non-hydrogen) atoms. The van der Waals surface area contributed by atoms with Crippen LogP contribution in [0.25, 0.3) is 0 Å². The van der Waals surface area contributed by atoms with Crippen LogP contribution in [0.3, 0.4) is 0 Å². The molecule has 2 rings (SSSR count). The number of rotatable bonds is 6. The largest absolute Gasteiger partial charge is 0.376 e. The van der Waals surface area contributed by atoms with Crippen molar-refractivity contribution in [2.75, 3.05) is 30.8 Å². The highest BCUT2D eigenvalue weighted by Gasteiger charge is 2.13. The maximum Gasteiger partial charge on any atom is 0.243 e. The standard InChI is InChI=1S/C18H20FN3O2/c1-13-6-8-15(9-7-13)21-17(23)12-22(2)18(24)11-20-16-5-3-4-14(19)10-16/h3-10,20H,11-12H2,1-2H3,(H,21,23). The number of nitrogens with zero attached hydrogens (tertiary/aromatic N) is 1. The van der Waals surface area contributed by atoms with E-state index in [1.54, 1.807) is 31.3 Å². The summed E-state index contributed by atoms with van der Waals surface area (Å²) >= 11 is 0. The fourth-order valence-electron chi connectivity index (χ4n) is 2.05. The van der Waals surface area contributed by atoms with Crippen molar-refractivity contribution in [1.29, 1.82) is 0 Å². The van der Waals surface area contributed by atoms with Gasteiger partial charge in [-0.3, -0.25) is 9.59 Å². The van der Waals surface area contributed by atoms with E-state index in [2.05, 4.69) is 10.6 Å². The van der Waals surface area contributed by atoms with Crippen molar-refractivity contribution in [3.63, 3.8) is 0 Å². The van der Waals surface area contributed by atoms with Gasteiger partial charge in [0.25, 0.3) is 0 Å². The first-order chi connectivity index (χ1) is 11.4. The molecule has 2 N–H and O–H groups in total. The molecule has 0 saturated heterocycles. The summed E-state index contributed by atoms with van der Waals surface area (Å²) < 4.78 is 13.1. The number of likely N-dealkylation sites (N-methyl/N-ethyl adjacent to an activating group) is 1. The molecule has 2 aromatic carbocycles. The summed E-state index contributed by atoms with van der Waals surface area (Å²) in [7, 11) is 1.55. The van der Waals surface area contributed by atoms with Gasteiger partial charge >= 0.3 is 0 Å². The average Bonchev–Trinajstić information content (AvgIpc) is 2.54. The van der Waals surface area contributed by atoms with E-state index >= 15 is 0 Å². The van der Waals surface area contributed by atoms with Crippen molar-refractivity contribution in [3.05, 3.63) is 59.9 Å². The molecule has 0 fully saturated rings. The van der Waals surface area contributed by atoms with Gasteiger partial charge in [0.05, 0.1) is 13.1 Å². The van der Waals surface area contributed by atoms with Crippen molar-refractivity contribution in [2.24, 2.45) is 0 Å². The van der Waals surface area contributed by atoms with Crippen LogP contribution in [0.2, 0.25) is 0 Å². The predicted molar refractivity (Wildman–Crippen MR) is 92.3 cm³/mol. The molecule has 0 aliphatic carbocycles. The Morgan fingerprint density at radius 3 is 2.46 bits per heavy atom. The molecule has 0 aliphatic heterocycles. The highest BCUT2D eigenvalue weighted by Crippen LogP contribution is 2.09. The molecule has 2 aromatic rings. The molecule has 0 bridgehead atoms. The van der Waals surface area contributed by atoms with Crippen LogP contribution in [-0.2, 0) is 9.59 Å². The van der Waals surface area contributed by atoms with Crippen LogP contribution in [0.4, 0.5) is 15.8 Å². The van der Waals surface area contributed by atoms with Crippen LogP contribution < -0.4 is 10.6 Å². The molecular formula is C18H20FN3O2. The van der Waals surface area contributed by atoms with E-state index in [1.165, 1.54) is 17.0 Å². The number of amides is 2. The van der Waals surface area contributed by atoms with E-state index in [9.17, 15) is 14.0 Å². The minimum Gasteiger partial charge on any atom is -0.376 e. The minimum atomic E-state index is -0.377. The van der Waals surface area contributed by atoms with E-state index in [-0.39, 0.29) is 30.7 Å². The lowest BCUT2D eigenvalue weighted by molar-refractivity contribution is -0.131. The lowest BCUT2D eigenvalue weighted by atomic mass is 10.2. The summed E-state index contributed by atoms with van der Waals surface area (Å²) in [5.74, 6) is -0.919. The smallest absolute Gasteiger partial charge is 0.243 e. The fourth-order valence-corrected chi connectivity index (χ4v) is 2.05. The molecule has 0 saturated carbocycles. The Balaban J connectivity index is 1.80. The Kier molecular flexibility index (Phi) is 5.89. The Bertz CT molecular complexity index is 716. The Hall–Kier alpha value is -2.89. The van der Waals surface area contributed by atoms with Gasteiger partial charge in [0.2, 0.25) is 11.8 Å². The van der Waals surface area contributed by atoms with Gasteiger partial charge in [-0.05, 0) is 37.3 Å². The van der Waals surface area contributed by atoms with Gasteiger partial charge in [0, 0.05) is 18.4 Å². The van der Waals surface area contributed by atoms with Crippen molar-refractivity contribution >= 4 is 23.2 Å². The molecule has 0 aromatic heterocycles. The lowest BCUT2D eigenvalue weighted by Gasteiger charge is -2.17. The summed E-state index contributed by atoms with van der Waals surface area (Å²) in [6.07, 6.45) is 0. The highest BCUT2D eigenvalue weighted by molar-refractivity contribution is 5.95. The van der Waals surface area contributed by atoms with Gasteiger partial charge in [-0.25, -0.2) is 4.39 Å². The normalized spacial score (nSPS) is 10.1. The second-order valence-electron chi connectivity index (χ2n) is 5.53. The summed E-state index contributed by atoms with van der Waals surface area (Å²) in [4.78, 5) is 25.3. The molecule has 0 spiro atoms. The van der Waals surface area contributed by atoms with Crippen LogP contribution in [0.1, 0.15) is 5.56 Å². The van der Waals surface area contributed by atoms with Crippen LogP contribution in [0.5, 0.6) is 0 Å². The zero-order chi connectivity index (χ0) is 17.5. The molecule has 6 heteroatoms. The number of hydrogen-bond donors (Lipinski definition) is 2. The SMILES string of the molecule is Cc1ccc(NC(=O)CN(C)C(=O)CNc2cccc(F)c2)cc1. The van der Waals surface area contributed by atoms with Gasteiger partial charge < -0.3 is 15.5 Å². The number of benzene rings is 2. The quantitative estimate of drug-likeness (QED) is 0.856. The highest BCUT2D eigenvalue weighted by atomic mass is 19.1. The number of hydrogen-bond acceptors (Lipinski definition) is 3. The minimum absolute atomic E-state index is 0.0161.